The van der Waals surface area contributed by atoms with E-state index in [1.807, 2.05) is 0 Å². The number of hydrogen-bond donors (Lipinski definition) is 1. The molecule has 5 heteroatoms. The average Bonchev–Trinajstić information content (AvgIpc) is 2.80. The van der Waals surface area contributed by atoms with Gasteiger partial charge in [0.2, 0.25) is 0 Å². The Morgan fingerprint density at radius 1 is 1.37 bits per heavy atom. The van der Waals surface area contributed by atoms with Gasteiger partial charge in [-0.2, -0.15) is 0 Å². The molecule has 2 aliphatic rings. The van der Waals surface area contributed by atoms with Gasteiger partial charge in [0.05, 0.1) is 0 Å². The molecule has 1 unspecified atom stereocenters. The van der Waals surface area contributed by atoms with Crippen LogP contribution in [0, 0.1) is 5.82 Å². The maximum Gasteiger partial charge on any atom is 0.123 e. The molecule has 0 bridgehead atoms. The summed E-state index contributed by atoms with van der Waals surface area (Å²) in [4.78, 5) is 0. The van der Waals surface area contributed by atoms with Gasteiger partial charge in [0.1, 0.15) is 17.7 Å². The van der Waals surface area contributed by atoms with Crippen LogP contribution in [0.1, 0.15) is 18.4 Å². The largest absolute Gasteiger partial charge is 0.488 e. The first kappa shape index (κ1) is 13.1. The zero-order valence-electron chi connectivity index (χ0n) is 10.7. The standard InChI is InChI=1S/C14H18FNO2S/c15-11-1-2-14-10(7-11)8-13(18-14)9-16-12-3-5-19(17)6-4-12/h1-2,7,12-13,16H,3-6,8-9H2. The van der Waals surface area contributed by atoms with Gasteiger partial charge < -0.3 is 10.1 Å². The fourth-order valence-corrected chi connectivity index (χ4v) is 4.00. The van der Waals surface area contributed by atoms with Crippen LogP contribution in [0.3, 0.4) is 0 Å². The summed E-state index contributed by atoms with van der Waals surface area (Å²) in [6.07, 6.45) is 2.80. The van der Waals surface area contributed by atoms with Gasteiger partial charge in [-0.15, -0.1) is 0 Å². The van der Waals surface area contributed by atoms with Crippen LogP contribution in [0.25, 0.3) is 0 Å². The summed E-state index contributed by atoms with van der Waals surface area (Å²) in [7, 11) is -0.615. The van der Waals surface area contributed by atoms with Crippen LogP contribution in [0.15, 0.2) is 18.2 Å². The second kappa shape index (κ2) is 5.59. The second-order valence-electron chi connectivity index (χ2n) is 5.23. The zero-order chi connectivity index (χ0) is 13.2. The van der Waals surface area contributed by atoms with Crippen LogP contribution >= 0.6 is 0 Å². The molecular formula is C14H18FNO2S. The molecule has 0 saturated carbocycles. The molecule has 3 rings (SSSR count). The molecule has 0 amide bonds. The highest BCUT2D eigenvalue weighted by Gasteiger charge is 2.25. The molecule has 19 heavy (non-hydrogen) atoms. The zero-order valence-corrected chi connectivity index (χ0v) is 11.5. The predicted molar refractivity (Wildman–Crippen MR) is 73.4 cm³/mol. The summed E-state index contributed by atoms with van der Waals surface area (Å²) >= 11 is 0. The monoisotopic (exact) mass is 283 g/mol. The molecule has 1 atom stereocenters. The Hall–Kier alpha value is -0.940. The molecule has 1 fully saturated rings. The summed E-state index contributed by atoms with van der Waals surface area (Å²) in [5, 5.41) is 3.48. The summed E-state index contributed by atoms with van der Waals surface area (Å²) < 4.78 is 30.2. The molecule has 104 valence electrons. The molecule has 2 aliphatic heterocycles. The number of ether oxygens (including phenoxy) is 1. The summed E-state index contributed by atoms with van der Waals surface area (Å²) in [6.45, 7) is 0.771. The van der Waals surface area contributed by atoms with Gasteiger partial charge in [0, 0.05) is 46.9 Å². The maximum absolute atomic E-state index is 13.1. The number of benzene rings is 1. The Labute approximate surface area is 115 Å². The van der Waals surface area contributed by atoms with Crippen molar-refractivity contribution in [3.63, 3.8) is 0 Å². The molecule has 1 N–H and O–H groups in total. The minimum atomic E-state index is -0.615. The predicted octanol–water partition coefficient (Wildman–Crippen LogP) is 1.63. The fourth-order valence-electron chi connectivity index (χ4n) is 2.70. The minimum absolute atomic E-state index is 0.0872. The van der Waals surface area contributed by atoms with E-state index in [1.54, 1.807) is 12.1 Å². The number of rotatable bonds is 3. The number of nitrogens with one attached hydrogen (secondary N) is 1. The van der Waals surface area contributed by atoms with Crippen molar-refractivity contribution in [1.82, 2.24) is 5.32 Å². The highest BCUT2D eigenvalue weighted by atomic mass is 32.2. The van der Waals surface area contributed by atoms with Crippen molar-refractivity contribution in [2.75, 3.05) is 18.1 Å². The molecule has 1 saturated heterocycles. The molecule has 0 radical (unpaired) electrons. The van der Waals surface area contributed by atoms with Crippen molar-refractivity contribution >= 4 is 10.8 Å². The third-order valence-electron chi connectivity index (χ3n) is 3.79. The van der Waals surface area contributed by atoms with E-state index in [-0.39, 0.29) is 11.9 Å². The van der Waals surface area contributed by atoms with Crippen LogP contribution < -0.4 is 10.1 Å². The van der Waals surface area contributed by atoms with Crippen LogP contribution in [0.2, 0.25) is 0 Å². The lowest BCUT2D eigenvalue weighted by Crippen LogP contribution is -2.41. The van der Waals surface area contributed by atoms with Gasteiger partial charge in [-0.25, -0.2) is 4.39 Å². The summed E-state index contributed by atoms with van der Waals surface area (Å²) in [6, 6.07) is 5.14. The van der Waals surface area contributed by atoms with Crippen molar-refractivity contribution < 1.29 is 13.3 Å². The van der Waals surface area contributed by atoms with Crippen molar-refractivity contribution in [1.29, 1.82) is 0 Å². The van der Waals surface area contributed by atoms with Crippen LogP contribution in [0.5, 0.6) is 5.75 Å². The molecule has 0 aromatic heterocycles. The Balaban J connectivity index is 1.49. The van der Waals surface area contributed by atoms with Crippen molar-refractivity contribution in [3.05, 3.63) is 29.6 Å². The van der Waals surface area contributed by atoms with Crippen molar-refractivity contribution in [2.45, 2.75) is 31.4 Å². The Bertz CT molecular complexity index is 484. The van der Waals surface area contributed by atoms with Gasteiger partial charge in [-0.3, -0.25) is 4.21 Å². The average molecular weight is 283 g/mol. The summed E-state index contributed by atoms with van der Waals surface area (Å²) in [5.41, 5.74) is 0.955. The molecule has 0 spiro atoms. The SMILES string of the molecule is O=S1CCC(NCC2Cc3cc(F)ccc3O2)CC1. The third-order valence-corrected chi connectivity index (χ3v) is 5.17. The van der Waals surface area contributed by atoms with E-state index in [2.05, 4.69) is 5.32 Å². The van der Waals surface area contributed by atoms with E-state index in [1.165, 1.54) is 6.07 Å². The lowest BCUT2D eigenvalue weighted by atomic mass is 10.1. The highest BCUT2D eigenvalue weighted by molar-refractivity contribution is 7.85. The molecule has 3 nitrogen and oxygen atoms in total. The van der Waals surface area contributed by atoms with Crippen molar-refractivity contribution in [2.24, 2.45) is 0 Å². The van der Waals surface area contributed by atoms with Gasteiger partial charge in [0.25, 0.3) is 0 Å². The first-order valence-corrected chi connectivity index (χ1v) is 8.23. The van der Waals surface area contributed by atoms with E-state index in [0.717, 1.165) is 48.6 Å². The third kappa shape index (κ3) is 3.15. The fraction of sp³-hybridized carbons (Fsp3) is 0.571. The van der Waals surface area contributed by atoms with E-state index in [9.17, 15) is 8.60 Å². The Kier molecular flexibility index (Phi) is 3.84. The van der Waals surface area contributed by atoms with E-state index in [0.29, 0.717) is 6.04 Å². The minimum Gasteiger partial charge on any atom is -0.488 e. The second-order valence-corrected chi connectivity index (χ2v) is 6.92. The van der Waals surface area contributed by atoms with Gasteiger partial charge in [-0.1, -0.05) is 0 Å². The van der Waals surface area contributed by atoms with E-state index >= 15 is 0 Å². The van der Waals surface area contributed by atoms with Gasteiger partial charge in [-0.05, 0) is 31.0 Å². The van der Waals surface area contributed by atoms with Crippen LogP contribution in [-0.4, -0.2) is 34.4 Å². The molecule has 1 aromatic rings. The van der Waals surface area contributed by atoms with Crippen LogP contribution in [-0.2, 0) is 17.2 Å². The van der Waals surface area contributed by atoms with E-state index in [4.69, 9.17) is 4.74 Å². The lowest BCUT2D eigenvalue weighted by Gasteiger charge is -2.24. The quantitative estimate of drug-likeness (QED) is 0.916. The van der Waals surface area contributed by atoms with Crippen molar-refractivity contribution in [3.8, 4) is 5.75 Å². The number of fused-ring (bicyclic) bond motifs is 1. The van der Waals surface area contributed by atoms with Gasteiger partial charge in [0.15, 0.2) is 0 Å². The molecule has 1 aromatic carbocycles. The molecule has 2 heterocycles. The topological polar surface area (TPSA) is 38.3 Å². The van der Waals surface area contributed by atoms with Gasteiger partial charge >= 0.3 is 0 Å². The normalized spacial score (nSPS) is 29.8. The summed E-state index contributed by atoms with van der Waals surface area (Å²) in [5.74, 6) is 2.20. The smallest absolute Gasteiger partial charge is 0.123 e. The lowest BCUT2D eigenvalue weighted by molar-refractivity contribution is 0.219. The molecule has 0 aliphatic carbocycles. The first-order chi connectivity index (χ1) is 9.20. The number of halogens is 1. The Morgan fingerprint density at radius 3 is 2.95 bits per heavy atom. The Morgan fingerprint density at radius 2 is 2.16 bits per heavy atom. The maximum atomic E-state index is 13.1. The first-order valence-electron chi connectivity index (χ1n) is 6.74. The molecular weight excluding hydrogens is 265 g/mol. The van der Waals surface area contributed by atoms with Crippen LogP contribution in [0.4, 0.5) is 4.39 Å². The van der Waals surface area contributed by atoms with E-state index < -0.39 is 10.8 Å². The highest BCUT2D eigenvalue weighted by Crippen LogP contribution is 2.29. The number of hydrogen-bond acceptors (Lipinski definition) is 3.